The monoisotopic (exact) mass is 604 g/mol. The van der Waals surface area contributed by atoms with Crippen molar-refractivity contribution in [3.63, 3.8) is 0 Å². The highest BCUT2D eigenvalue weighted by Crippen LogP contribution is 2.48. The van der Waals surface area contributed by atoms with E-state index in [9.17, 15) is 0 Å². The minimum Gasteiger partial charge on any atom is -0.468 e. The van der Waals surface area contributed by atoms with E-state index in [1.165, 1.54) is 44.8 Å². The number of furan rings is 1. The fraction of sp³-hybridized carbons (Fsp3) is 0.256. The van der Waals surface area contributed by atoms with Crippen LogP contribution in [0, 0.1) is 11.8 Å². The van der Waals surface area contributed by atoms with E-state index in [-0.39, 0.29) is 16.7 Å². The van der Waals surface area contributed by atoms with Crippen molar-refractivity contribution in [3.8, 4) is 0 Å². The van der Waals surface area contributed by atoms with Crippen LogP contribution in [-0.4, -0.2) is 0 Å². The fourth-order valence-electron chi connectivity index (χ4n) is 7.37. The van der Waals surface area contributed by atoms with Crippen LogP contribution in [0.25, 0.3) is 0 Å². The number of allylic oxidation sites excluding steroid dienone is 4. The topological polar surface area (TPSA) is 37.2 Å². The molecule has 2 N–H and O–H groups in total. The minimum absolute atomic E-state index is 0.0726. The highest BCUT2D eigenvalue weighted by molar-refractivity contribution is 5.70. The molecule has 0 radical (unpaired) electrons. The average Bonchev–Trinajstić information content (AvgIpc) is 3.60. The van der Waals surface area contributed by atoms with E-state index in [1.807, 2.05) is 6.07 Å². The van der Waals surface area contributed by atoms with Crippen LogP contribution in [0.5, 0.6) is 0 Å². The zero-order valence-corrected chi connectivity index (χ0v) is 27.8. The Balaban J connectivity index is 1.40. The van der Waals surface area contributed by atoms with Crippen molar-refractivity contribution < 1.29 is 4.42 Å². The summed E-state index contributed by atoms with van der Waals surface area (Å²) in [6, 6.07) is 39.8. The van der Waals surface area contributed by atoms with Gasteiger partial charge in [0, 0.05) is 33.6 Å². The molecule has 0 fully saturated rings. The Labute approximate surface area is 274 Å². The molecule has 2 aliphatic heterocycles. The van der Waals surface area contributed by atoms with Crippen LogP contribution in [0.2, 0.25) is 0 Å². The van der Waals surface area contributed by atoms with E-state index in [2.05, 4.69) is 167 Å². The zero-order valence-electron chi connectivity index (χ0n) is 27.8. The number of fused-ring (bicyclic) bond motifs is 2. The summed E-state index contributed by atoms with van der Waals surface area (Å²) >= 11 is 0. The minimum atomic E-state index is -0.283. The molecule has 2 atom stereocenters. The van der Waals surface area contributed by atoms with E-state index >= 15 is 0 Å². The number of hydrogen-bond acceptors (Lipinski definition) is 3. The third-order valence-corrected chi connectivity index (χ3v) is 10.1. The predicted molar refractivity (Wildman–Crippen MR) is 191 cm³/mol. The lowest BCUT2D eigenvalue weighted by Crippen LogP contribution is -2.30. The van der Waals surface area contributed by atoms with Crippen LogP contribution >= 0.6 is 0 Å². The van der Waals surface area contributed by atoms with Crippen LogP contribution in [0.3, 0.4) is 0 Å². The smallest absolute Gasteiger partial charge is 0.115 e. The molecule has 7 rings (SSSR count). The van der Waals surface area contributed by atoms with Gasteiger partial charge in [-0.3, -0.25) is 0 Å². The summed E-state index contributed by atoms with van der Waals surface area (Å²) in [5.74, 6) is 1.64. The highest BCUT2D eigenvalue weighted by Gasteiger charge is 2.37. The number of anilines is 2. The van der Waals surface area contributed by atoms with Gasteiger partial charge in [0.2, 0.25) is 0 Å². The third kappa shape index (κ3) is 5.08. The Bertz CT molecular complexity index is 1790. The van der Waals surface area contributed by atoms with Gasteiger partial charge in [0.05, 0.1) is 12.2 Å². The van der Waals surface area contributed by atoms with Gasteiger partial charge in [-0.25, -0.2) is 0 Å². The summed E-state index contributed by atoms with van der Waals surface area (Å²) in [6.07, 6.45) is 6.64. The van der Waals surface area contributed by atoms with E-state index in [4.69, 9.17) is 4.42 Å². The summed E-state index contributed by atoms with van der Waals surface area (Å²) in [7, 11) is 0. The Kier molecular flexibility index (Phi) is 7.51. The van der Waals surface area contributed by atoms with Gasteiger partial charge in [-0.2, -0.15) is 0 Å². The molecule has 5 aromatic rings. The normalized spacial score (nSPS) is 21.0. The Hall–Kier alpha value is -4.76. The number of rotatable bonds is 7. The molecular weight excluding hydrogens is 560 g/mol. The summed E-state index contributed by atoms with van der Waals surface area (Å²) in [5.41, 5.74) is 11.8. The molecule has 2 aliphatic rings. The maximum atomic E-state index is 6.21. The summed E-state index contributed by atoms with van der Waals surface area (Å²) in [6.45, 7) is 13.7. The van der Waals surface area contributed by atoms with Crippen LogP contribution in [0.1, 0.15) is 86.6 Å². The van der Waals surface area contributed by atoms with Crippen molar-refractivity contribution in [2.75, 3.05) is 10.6 Å². The van der Waals surface area contributed by atoms with Crippen LogP contribution in [0.15, 0.2) is 143 Å². The van der Waals surface area contributed by atoms with Crippen LogP contribution < -0.4 is 10.6 Å². The molecule has 0 saturated carbocycles. The Morgan fingerprint density at radius 3 is 1.39 bits per heavy atom. The second-order valence-electron chi connectivity index (χ2n) is 14.0. The van der Waals surface area contributed by atoms with Gasteiger partial charge in [-0.05, 0) is 83.3 Å². The van der Waals surface area contributed by atoms with E-state index < -0.39 is 0 Å². The lowest BCUT2D eigenvalue weighted by atomic mass is 9.70. The molecule has 2 unspecified atom stereocenters. The second-order valence-corrected chi connectivity index (χ2v) is 14.0. The van der Waals surface area contributed by atoms with Gasteiger partial charge in [0.15, 0.2) is 0 Å². The van der Waals surface area contributed by atoms with Gasteiger partial charge >= 0.3 is 0 Å². The highest BCUT2D eigenvalue weighted by atomic mass is 16.3. The first-order valence-electron chi connectivity index (χ1n) is 16.6. The molecule has 0 aliphatic carbocycles. The van der Waals surface area contributed by atoms with E-state index in [0.29, 0.717) is 11.8 Å². The predicted octanol–water partition coefficient (Wildman–Crippen LogP) is 11.0. The second kappa shape index (κ2) is 11.6. The van der Waals surface area contributed by atoms with Crippen molar-refractivity contribution in [1.29, 1.82) is 0 Å². The molecule has 0 saturated heterocycles. The lowest BCUT2D eigenvalue weighted by molar-refractivity contribution is 0.503. The Morgan fingerprint density at radius 2 is 1.00 bits per heavy atom. The van der Waals surface area contributed by atoms with E-state index in [0.717, 1.165) is 17.1 Å². The van der Waals surface area contributed by atoms with E-state index in [1.54, 1.807) is 6.26 Å². The Morgan fingerprint density at radius 1 is 0.543 bits per heavy atom. The SMILES string of the molecule is CC(C)C1=CC(C)(c2ccccc2)c2cc(C(c3ccc4c(c3)C(C)(c3ccccc3)C=C(C(C)C)N4)c3ccco3)ccc2N1. The lowest BCUT2D eigenvalue weighted by Gasteiger charge is -2.38. The van der Waals surface area contributed by atoms with Crippen LogP contribution in [0.4, 0.5) is 11.4 Å². The molecule has 3 heteroatoms. The molecule has 232 valence electrons. The molecular formula is C43H44N2O. The molecule has 3 heterocycles. The van der Waals surface area contributed by atoms with Crippen molar-refractivity contribution in [1.82, 2.24) is 0 Å². The zero-order chi connectivity index (χ0) is 32.1. The summed E-state index contributed by atoms with van der Waals surface area (Å²) in [4.78, 5) is 0. The molecule has 0 amide bonds. The first kappa shape index (κ1) is 29.9. The number of hydrogen-bond donors (Lipinski definition) is 2. The van der Waals surface area contributed by atoms with Gasteiger partial charge in [-0.1, -0.05) is 125 Å². The molecule has 0 bridgehead atoms. The van der Waals surface area contributed by atoms with Gasteiger partial charge < -0.3 is 15.1 Å². The first-order valence-corrected chi connectivity index (χ1v) is 16.6. The standard InChI is InChI=1S/C43H44N2O/c1-28(2)38-26-42(5,32-14-9-7-10-15-32)34-24-30(19-21-36(34)44-38)41(40-18-13-23-46-40)31-20-22-37-35(25-31)43(6,27-39(45-37)29(3)4)33-16-11-8-12-17-33/h7-29,41,44-45H,1-6H3. The van der Waals surface area contributed by atoms with Gasteiger partial charge in [0.1, 0.15) is 5.76 Å². The van der Waals surface area contributed by atoms with Gasteiger partial charge in [-0.15, -0.1) is 0 Å². The third-order valence-electron chi connectivity index (χ3n) is 10.1. The first-order chi connectivity index (χ1) is 22.2. The molecule has 1 aromatic heterocycles. The molecule has 4 aromatic carbocycles. The summed E-state index contributed by atoms with van der Waals surface area (Å²) in [5, 5.41) is 7.54. The van der Waals surface area contributed by atoms with Crippen LogP contribution in [-0.2, 0) is 10.8 Å². The largest absolute Gasteiger partial charge is 0.468 e. The maximum absolute atomic E-state index is 6.21. The molecule has 3 nitrogen and oxygen atoms in total. The maximum Gasteiger partial charge on any atom is 0.115 e. The van der Waals surface area contributed by atoms with Crippen molar-refractivity contribution in [3.05, 3.63) is 178 Å². The quantitative estimate of drug-likeness (QED) is 0.194. The fourth-order valence-corrected chi connectivity index (χ4v) is 7.37. The van der Waals surface area contributed by atoms with Crippen molar-refractivity contribution in [2.24, 2.45) is 11.8 Å². The average molecular weight is 605 g/mol. The summed E-state index contributed by atoms with van der Waals surface area (Å²) < 4.78 is 6.21. The van der Waals surface area contributed by atoms with Crippen molar-refractivity contribution >= 4 is 11.4 Å². The van der Waals surface area contributed by atoms with Crippen molar-refractivity contribution in [2.45, 2.75) is 58.3 Å². The number of benzene rings is 4. The molecule has 0 spiro atoms. The molecule has 46 heavy (non-hydrogen) atoms. The van der Waals surface area contributed by atoms with Gasteiger partial charge in [0.25, 0.3) is 0 Å². The number of nitrogens with one attached hydrogen (secondary N) is 2.